The van der Waals surface area contributed by atoms with Crippen molar-refractivity contribution < 1.29 is 38.4 Å². The predicted molar refractivity (Wildman–Crippen MR) is 290 cm³/mol. The summed E-state index contributed by atoms with van der Waals surface area (Å²) < 4.78 is 0. The lowest BCUT2D eigenvalue weighted by molar-refractivity contribution is -0.144. The molecule has 3 fully saturated rings. The van der Waals surface area contributed by atoms with Gasteiger partial charge in [-0.15, -0.1) is 0 Å². The molecule has 5 aliphatic rings. The average molecular weight is 1050 g/mol. The highest BCUT2D eigenvalue weighted by atomic mass is 16.2. The van der Waals surface area contributed by atoms with E-state index in [1.807, 2.05) is 77.9 Å². The summed E-state index contributed by atoms with van der Waals surface area (Å²) in [4.78, 5) is 117. The first-order valence-electron chi connectivity index (χ1n) is 27.9. The van der Waals surface area contributed by atoms with Gasteiger partial charge in [0.25, 0.3) is 0 Å². The number of likely N-dealkylation sites (N-methyl/N-ethyl adjacent to an activating group) is 2. The number of hydrogen-bond donors (Lipinski definition) is 8. The van der Waals surface area contributed by atoms with E-state index >= 15 is 0 Å². The lowest BCUT2D eigenvalue weighted by atomic mass is 9.80. The summed E-state index contributed by atoms with van der Waals surface area (Å²) in [5, 5.41) is 24.6. The molecule has 2 aromatic rings. The van der Waals surface area contributed by atoms with Crippen LogP contribution in [-0.2, 0) is 51.2 Å². The van der Waals surface area contributed by atoms with Crippen LogP contribution in [0.4, 0.5) is 0 Å². The summed E-state index contributed by atoms with van der Waals surface area (Å²) in [5.41, 5.74) is 3.02. The van der Waals surface area contributed by atoms with Crippen LogP contribution in [0, 0.1) is 22.7 Å². The van der Waals surface area contributed by atoms with Crippen LogP contribution in [0.25, 0.3) is 0 Å². The maximum absolute atomic E-state index is 14.7. The van der Waals surface area contributed by atoms with Crippen molar-refractivity contribution in [3.05, 3.63) is 70.8 Å². The zero-order valence-corrected chi connectivity index (χ0v) is 46.6. The molecule has 3 aliphatic carbocycles. The monoisotopic (exact) mass is 1050 g/mol. The molecule has 1 saturated carbocycles. The van der Waals surface area contributed by atoms with Crippen molar-refractivity contribution >= 4 is 47.3 Å². The number of likely N-dealkylation sites (tertiary alicyclic amines) is 2. The van der Waals surface area contributed by atoms with Gasteiger partial charge in [0.15, 0.2) is 0 Å². The molecule has 0 aromatic heterocycles. The molecule has 2 aromatic carbocycles. The number of amides is 8. The summed E-state index contributed by atoms with van der Waals surface area (Å²) in [6, 6.07) is 9.56. The van der Waals surface area contributed by atoms with Crippen molar-refractivity contribution in [2.75, 3.05) is 27.2 Å². The Morgan fingerprint density at radius 2 is 0.882 bits per heavy atom. The Balaban J connectivity index is 1.05. The molecule has 12 atom stereocenters. The molecule has 8 amide bonds. The number of fused-ring (bicyclic) bond motifs is 2. The lowest BCUT2D eigenvalue weighted by Crippen LogP contribution is -2.59. The maximum atomic E-state index is 14.7. The number of benzene rings is 2. The SMILES string of the molecule is CN[C@H](C)C(=O)N[C@@H](C(=O)N1C[C@@H](NC(=O)C2CCCC(C(=O)N[C@H]3C[C@@H](C(=O)N[C@@H]4CCCc5ccccc54)N(C(=O)[C@H](NC(=O)[C@@H](C)NC)C(C)(C)C)C3)C2)C[C@H]1C(=O)N[C@@H]1CCCc2ccccc21)C(C)(C)C. The summed E-state index contributed by atoms with van der Waals surface area (Å²) >= 11 is 0. The smallest absolute Gasteiger partial charge is 0.246 e. The standard InChI is InChI=1S/C58H86N10O8/c1-33(59-9)49(69)65-47(57(3,4)5)55(75)67-31-39(29-45(67)53(73)63-43-26-16-20-35-18-11-13-24-41(35)43)61-51(71)37-22-15-23-38(28-37)52(72)62-40-30-46(54(74)64-44-27-17-21-36-19-12-14-25-42(36)44)68(32-40)56(76)48(58(6,7)8)66-50(70)34(2)60-10/h11-14,18-19,24-25,33-34,37-40,43-48,59-60H,15-17,20-23,26-32H2,1-10H3,(H,61,71)(H,62,72)(H,63,73)(H,64,74)(H,65,69)(H,66,70)/t33-,34-,37?,38?,39+,40+,43-,44-,45+,46+,47+,48+/m1/s1. The van der Waals surface area contributed by atoms with Crippen molar-refractivity contribution in [1.29, 1.82) is 0 Å². The minimum atomic E-state index is -0.967. The van der Waals surface area contributed by atoms with E-state index in [9.17, 15) is 38.4 Å². The number of carbonyl (C=O) groups is 8. The summed E-state index contributed by atoms with van der Waals surface area (Å²) in [5.74, 6) is -3.75. The molecule has 7 rings (SSSR count). The Hall–Kier alpha value is -5.88. The highest BCUT2D eigenvalue weighted by Gasteiger charge is 2.49. The quantitative estimate of drug-likeness (QED) is 0.122. The second-order valence-electron chi connectivity index (χ2n) is 24.4. The van der Waals surface area contributed by atoms with Gasteiger partial charge in [0.05, 0.1) is 24.2 Å². The van der Waals surface area contributed by atoms with Crippen LogP contribution in [0.2, 0.25) is 0 Å². The number of aryl methyl sites for hydroxylation is 2. The fourth-order valence-corrected chi connectivity index (χ4v) is 11.9. The second-order valence-corrected chi connectivity index (χ2v) is 24.4. The molecule has 2 aliphatic heterocycles. The van der Waals surface area contributed by atoms with Crippen LogP contribution in [0.5, 0.6) is 0 Å². The van der Waals surface area contributed by atoms with Gasteiger partial charge in [-0.3, -0.25) is 38.4 Å². The van der Waals surface area contributed by atoms with E-state index in [4.69, 9.17) is 0 Å². The number of hydrogen-bond acceptors (Lipinski definition) is 10. The molecule has 0 spiro atoms. The molecule has 2 saturated heterocycles. The molecule has 8 N–H and O–H groups in total. The van der Waals surface area contributed by atoms with E-state index in [1.54, 1.807) is 27.9 Å². The van der Waals surface area contributed by atoms with Gasteiger partial charge in [-0.1, -0.05) is 96.5 Å². The molecular formula is C58H86N10O8. The first-order valence-corrected chi connectivity index (χ1v) is 27.9. The molecule has 2 unspecified atom stereocenters. The Labute approximate surface area is 449 Å². The van der Waals surface area contributed by atoms with Crippen molar-refractivity contribution in [2.24, 2.45) is 22.7 Å². The second kappa shape index (κ2) is 24.6. The highest BCUT2D eigenvalue weighted by Crippen LogP contribution is 2.35. The fraction of sp³-hybridized carbons (Fsp3) is 0.655. The van der Waals surface area contributed by atoms with Gasteiger partial charge < -0.3 is 52.3 Å². The van der Waals surface area contributed by atoms with Crippen molar-refractivity contribution in [3.8, 4) is 0 Å². The minimum absolute atomic E-state index is 0.0533. The average Bonchev–Trinajstić information content (AvgIpc) is 4.03. The summed E-state index contributed by atoms with van der Waals surface area (Å²) in [6.07, 6.45) is 7.43. The van der Waals surface area contributed by atoms with Gasteiger partial charge in [0.2, 0.25) is 47.3 Å². The van der Waals surface area contributed by atoms with Gasteiger partial charge in [-0.05, 0) is 132 Å². The molecule has 2 heterocycles. The first kappa shape index (κ1) is 57.8. The Kier molecular flexibility index (Phi) is 18.7. The topological polar surface area (TPSA) is 239 Å². The summed E-state index contributed by atoms with van der Waals surface area (Å²) in [6.45, 7) is 14.7. The van der Waals surface area contributed by atoms with E-state index in [-0.39, 0.29) is 79.9 Å². The summed E-state index contributed by atoms with van der Waals surface area (Å²) in [7, 11) is 3.33. The Morgan fingerprint density at radius 3 is 1.25 bits per heavy atom. The maximum Gasteiger partial charge on any atom is 0.246 e. The molecule has 18 heteroatoms. The van der Waals surface area contributed by atoms with E-state index in [0.717, 1.165) is 49.7 Å². The fourth-order valence-electron chi connectivity index (χ4n) is 11.9. The van der Waals surface area contributed by atoms with Crippen molar-refractivity contribution in [1.82, 2.24) is 52.3 Å². The molecule has 18 nitrogen and oxygen atoms in total. The zero-order valence-electron chi connectivity index (χ0n) is 46.6. The number of rotatable bonds is 16. The van der Waals surface area contributed by atoms with E-state index in [0.29, 0.717) is 19.3 Å². The van der Waals surface area contributed by atoms with Gasteiger partial charge in [-0.2, -0.15) is 0 Å². The number of nitrogens with zero attached hydrogens (tertiary/aromatic N) is 2. The van der Waals surface area contributed by atoms with Crippen LogP contribution < -0.4 is 42.5 Å². The van der Waals surface area contributed by atoms with Gasteiger partial charge in [0, 0.05) is 37.0 Å². The zero-order chi connectivity index (χ0) is 55.2. The van der Waals surface area contributed by atoms with E-state index in [2.05, 4.69) is 54.7 Å². The third-order valence-electron chi connectivity index (χ3n) is 16.7. The van der Waals surface area contributed by atoms with Crippen LogP contribution in [0.1, 0.15) is 154 Å². The lowest BCUT2D eigenvalue weighted by Gasteiger charge is -2.36. The normalized spacial score (nSPS) is 26.1. The van der Waals surface area contributed by atoms with Gasteiger partial charge in [-0.25, -0.2) is 0 Å². The Morgan fingerprint density at radius 1 is 0.500 bits per heavy atom. The van der Waals surface area contributed by atoms with E-state index < -0.39 is 82.8 Å². The highest BCUT2D eigenvalue weighted by molar-refractivity contribution is 5.96. The Bertz CT molecular complexity index is 2300. The number of nitrogens with one attached hydrogen (secondary N) is 8. The van der Waals surface area contributed by atoms with Crippen LogP contribution >= 0.6 is 0 Å². The molecule has 416 valence electrons. The van der Waals surface area contributed by atoms with Crippen LogP contribution in [0.15, 0.2) is 48.5 Å². The largest absolute Gasteiger partial charge is 0.351 e. The molecule has 0 bridgehead atoms. The number of carbonyl (C=O) groups excluding carboxylic acids is 8. The van der Waals surface area contributed by atoms with Crippen molar-refractivity contribution in [2.45, 2.75) is 193 Å². The minimum Gasteiger partial charge on any atom is -0.351 e. The van der Waals surface area contributed by atoms with Gasteiger partial charge in [0.1, 0.15) is 24.2 Å². The van der Waals surface area contributed by atoms with E-state index in [1.165, 1.54) is 20.9 Å². The molecular weight excluding hydrogens is 965 g/mol. The third-order valence-corrected chi connectivity index (χ3v) is 16.7. The van der Waals surface area contributed by atoms with Crippen LogP contribution in [-0.4, -0.2) is 133 Å². The van der Waals surface area contributed by atoms with Gasteiger partial charge >= 0.3 is 0 Å². The van der Waals surface area contributed by atoms with Crippen molar-refractivity contribution in [3.63, 3.8) is 0 Å². The van der Waals surface area contributed by atoms with Crippen LogP contribution in [0.3, 0.4) is 0 Å². The molecule has 0 radical (unpaired) electrons. The molecule has 76 heavy (non-hydrogen) atoms. The third kappa shape index (κ3) is 13.6. The predicted octanol–water partition coefficient (Wildman–Crippen LogP) is 3.63. The first-order chi connectivity index (χ1) is 36.0.